The molecule has 1 aromatic heterocycles. The summed E-state index contributed by atoms with van der Waals surface area (Å²) < 4.78 is 3.14. The number of aryl methyl sites for hydroxylation is 3. The van der Waals surface area contributed by atoms with E-state index in [0.717, 1.165) is 28.8 Å². The highest BCUT2D eigenvalue weighted by atomic mass is 79.9. The van der Waals surface area contributed by atoms with E-state index in [9.17, 15) is 0 Å². The van der Waals surface area contributed by atoms with Gasteiger partial charge >= 0.3 is 0 Å². The van der Waals surface area contributed by atoms with Gasteiger partial charge in [0.15, 0.2) is 0 Å². The molecule has 2 aromatic rings. The Morgan fingerprint density at radius 3 is 2.41 bits per heavy atom. The molecule has 0 spiro atoms. The molecule has 0 atom stereocenters. The number of nitrogens with two attached hydrogens (primary N) is 1. The third-order valence-electron chi connectivity index (χ3n) is 2.89. The maximum atomic E-state index is 5.66. The molecule has 4 heteroatoms. The van der Waals surface area contributed by atoms with Crippen molar-refractivity contribution in [3.05, 3.63) is 45.7 Å². The van der Waals surface area contributed by atoms with Crippen LogP contribution in [0, 0.1) is 13.8 Å². The Kier molecular flexibility index (Phi) is 3.52. The predicted octanol–water partition coefficient (Wildman–Crippen LogP) is 3.09. The summed E-state index contributed by atoms with van der Waals surface area (Å²) in [5.41, 5.74) is 9.97. The van der Waals surface area contributed by atoms with Crippen LogP contribution in [-0.2, 0) is 13.0 Å². The van der Waals surface area contributed by atoms with E-state index in [-0.39, 0.29) is 0 Å². The zero-order valence-corrected chi connectivity index (χ0v) is 11.7. The van der Waals surface area contributed by atoms with Crippen molar-refractivity contribution in [2.75, 3.05) is 5.73 Å². The Bertz CT molecular complexity index is 514. The molecule has 1 aromatic carbocycles. The predicted molar refractivity (Wildman–Crippen MR) is 74.0 cm³/mol. The molecule has 0 radical (unpaired) electrons. The summed E-state index contributed by atoms with van der Waals surface area (Å²) in [6, 6.07) is 8.00. The van der Waals surface area contributed by atoms with Crippen LogP contribution in [0.4, 0.5) is 5.69 Å². The van der Waals surface area contributed by atoms with Crippen molar-refractivity contribution < 1.29 is 0 Å². The van der Waals surface area contributed by atoms with Gasteiger partial charge in [-0.25, -0.2) is 0 Å². The molecule has 1 heterocycles. The van der Waals surface area contributed by atoms with E-state index >= 15 is 0 Å². The van der Waals surface area contributed by atoms with Gasteiger partial charge in [-0.05, 0) is 53.9 Å². The zero-order chi connectivity index (χ0) is 12.4. The Morgan fingerprint density at radius 2 is 1.88 bits per heavy atom. The number of hydrogen-bond donors (Lipinski definition) is 1. The topological polar surface area (TPSA) is 43.8 Å². The van der Waals surface area contributed by atoms with Crippen molar-refractivity contribution >= 4 is 21.6 Å². The first-order chi connectivity index (χ1) is 8.08. The molecule has 0 amide bonds. The fourth-order valence-electron chi connectivity index (χ4n) is 1.81. The van der Waals surface area contributed by atoms with Gasteiger partial charge in [-0.2, -0.15) is 5.10 Å². The fourth-order valence-corrected chi connectivity index (χ4v) is 2.10. The van der Waals surface area contributed by atoms with Crippen LogP contribution in [0.2, 0.25) is 0 Å². The van der Waals surface area contributed by atoms with Gasteiger partial charge in [0, 0.05) is 17.9 Å². The highest BCUT2D eigenvalue weighted by molar-refractivity contribution is 9.10. The normalized spacial score (nSPS) is 10.8. The van der Waals surface area contributed by atoms with Gasteiger partial charge in [-0.1, -0.05) is 12.1 Å². The summed E-state index contributed by atoms with van der Waals surface area (Å²) in [7, 11) is 0. The van der Waals surface area contributed by atoms with Crippen LogP contribution in [0.25, 0.3) is 0 Å². The number of nitrogens with zero attached hydrogens (tertiary/aromatic N) is 2. The molecule has 0 unspecified atom stereocenters. The van der Waals surface area contributed by atoms with Crippen molar-refractivity contribution in [2.45, 2.75) is 26.8 Å². The maximum absolute atomic E-state index is 5.66. The Hall–Kier alpha value is -1.29. The van der Waals surface area contributed by atoms with Crippen molar-refractivity contribution in [3.63, 3.8) is 0 Å². The molecule has 0 bridgehead atoms. The minimum absolute atomic E-state index is 0.808. The molecule has 0 saturated heterocycles. The maximum Gasteiger partial charge on any atom is 0.0738 e. The second-order valence-electron chi connectivity index (χ2n) is 4.20. The van der Waals surface area contributed by atoms with E-state index in [4.69, 9.17) is 5.73 Å². The van der Waals surface area contributed by atoms with E-state index in [0.29, 0.717) is 0 Å². The van der Waals surface area contributed by atoms with Gasteiger partial charge < -0.3 is 5.73 Å². The van der Waals surface area contributed by atoms with E-state index in [1.165, 1.54) is 11.3 Å². The lowest BCUT2D eigenvalue weighted by Gasteiger charge is -2.05. The highest BCUT2D eigenvalue weighted by Crippen LogP contribution is 2.20. The molecule has 0 saturated carbocycles. The number of hydrogen-bond acceptors (Lipinski definition) is 2. The standard InChI is InChI=1S/C13H16BrN3/c1-9-13(14)10(2)17(16-9)8-7-11-3-5-12(15)6-4-11/h3-6H,7-8,15H2,1-2H3. The molecule has 3 nitrogen and oxygen atoms in total. The number of benzene rings is 1. The van der Waals surface area contributed by atoms with Crippen molar-refractivity contribution in [1.29, 1.82) is 0 Å². The molecular weight excluding hydrogens is 278 g/mol. The van der Waals surface area contributed by atoms with Crippen LogP contribution in [0.1, 0.15) is 17.0 Å². The lowest BCUT2D eigenvalue weighted by molar-refractivity contribution is 0.594. The summed E-state index contributed by atoms with van der Waals surface area (Å²) in [6.07, 6.45) is 0.967. The van der Waals surface area contributed by atoms with Crippen LogP contribution in [-0.4, -0.2) is 9.78 Å². The molecule has 90 valence electrons. The first-order valence-electron chi connectivity index (χ1n) is 5.62. The molecule has 0 aliphatic carbocycles. The number of aromatic nitrogens is 2. The minimum atomic E-state index is 0.808. The van der Waals surface area contributed by atoms with E-state index < -0.39 is 0 Å². The Balaban J connectivity index is 2.07. The van der Waals surface area contributed by atoms with Gasteiger partial charge in [-0.15, -0.1) is 0 Å². The van der Waals surface area contributed by atoms with Crippen molar-refractivity contribution in [1.82, 2.24) is 9.78 Å². The summed E-state index contributed by atoms with van der Waals surface area (Å²) in [5, 5.41) is 4.49. The number of anilines is 1. The molecule has 0 aliphatic rings. The first-order valence-corrected chi connectivity index (χ1v) is 6.41. The van der Waals surface area contributed by atoms with Crippen LogP contribution in [0.5, 0.6) is 0 Å². The number of nitrogen functional groups attached to an aromatic ring is 1. The third-order valence-corrected chi connectivity index (χ3v) is 4.03. The van der Waals surface area contributed by atoms with Crippen LogP contribution in [0.15, 0.2) is 28.7 Å². The summed E-state index contributed by atoms with van der Waals surface area (Å²) >= 11 is 3.54. The summed E-state index contributed by atoms with van der Waals surface area (Å²) in [6.45, 7) is 4.98. The average molecular weight is 294 g/mol. The smallest absolute Gasteiger partial charge is 0.0738 e. The van der Waals surface area contributed by atoms with Crippen LogP contribution in [0.3, 0.4) is 0 Å². The summed E-state index contributed by atoms with van der Waals surface area (Å²) in [4.78, 5) is 0. The monoisotopic (exact) mass is 293 g/mol. The quantitative estimate of drug-likeness (QED) is 0.884. The molecule has 2 rings (SSSR count). The van der Waals surface area contributed by atoms with E-state index in [1.807, 2.05) is 23.7 Å². The SMILES string of the molecule is Cc1nn(CCc2ccc(N)cc2)c(C)c1Br. The first kappa shape index (κ1) is 12.2. The van der Waals surface area contributed by atoms with Gasteiger partial charge in [-0.3, -0.25) is 4.68 Å². The Labute approximate surface area is 110 Å². The molecular formula is C13H16BrN3. The molecule has 0 fully saturated rings. The van der Waals surface area contributed by atoms with Crippen molar-refractivity contribution in [3.8, 4) is 0 Å². The number of rotatable bonds is 3. The average Bonchev–Trinajstić information content (AvgIpc) is 2.56. The second kappa shape index (κ2) is 4.92. The van der Waals surface area contributed by atoms with E-state index in [1.54, 1.807) is 0 Å². The van der Waals surface area contributed by atoms with Gasteiger partial charge in [0.1, 0.15) is 0 Å². The lowest BCUT2D eigenvalue weighted by Crippen LogP contribution is -2.05. The zero-order valence-electron chi connectivity index (χ0n) is 10.1. The van der Waals surface area contributed by atoms with Gasteiger partial charge in [0.25, 0.3) is 0 Å². The highest BCUT2D eigenvalue weighted by Gasteiger charge is 2.08. The number of halogens is 1. The van der Waals surface area contributed by atoms with Gasteiger partial charge in [0.05, 0.1) is 10.2 Å². The largest absolute Gasteiger partial charge is 0.399 e. The van der Waals surface area contributed by atoms with Gasteiger partial charge in [0.2, 0.25) is 0 Å². The minimum Gasteiger partial charge on any atom is -0.399 e. The summed E-state index contributed by atoms with van der Waals surface area (Å²) in [5.74, 6) is 0. The molecule has 2 N–H and O–H groups in total. The lowest BCUT2D eigenvalue weighted by atomic mass is 10.1. The molecule has 17 heavy (non-hydrogen) atoms. The van der Waals surface area contributed by atoms with E-state index in [2.05, 4.69) is 40.1 Å². The Morgan fingerprint density at radius 1 is 1.24 bits per heavy atom. The van der Waals surface area contributed by atoms with Crippen LogP contribution < -0.4 is 5.73 Å². The third kappa shape index (κ3) is 2.69. The second-order valence-corrected chi connectivity index (χ2v) is 4.99. The fraction of sp³-hybridized carbons (Fsp3) is 0.308. The molecule has 0 aliphatic heterocycles. The van der Waals surface area contributed by atoms with Crippen LogP contribution >= 0.6 is 15.9 Å². The van der Waals surface area contributed by atoms with Crippen molar-refractivity contribution in [2.24, 2.45) is 0 Å².